The van der Waals surface area contributed by atoms with Crippen molar-refractivity contribution >= 4 is 5.78 Å². The van der Waals surface area contributed by atoms with E-state index in [9.17, 15) is 9.59 Å². The van der Waals surface area contributed by atoms with E-state index >= 15 is 0 Å². The minimum absolute atomic E-state index is 0.0220. The van der Waals surface area contributed by atoms with Crippen LogP contribution in [-0.2, 0) is 0 Å². The molecule has 3 nitrogen and oxygen atoms in total. The van der Waals surface area contributed by atoms with Crippen LogP contribution in [0.25, 0.3) is 0 Å². The van der Waals surface area contributed by atoms with Gasteiger partial charge in [0.1, 0.15) is 0 Å². The van der Waals surface area contributed by atoms with Crippen LogP contribution >= 0.6 is 0 Å². The Morgan fingerprint density at radius 2 is 2.00 bits per heavy atom. The highest BCUT2D eigenvalue weighted by Gasteiger charge is 2.25. The maximum absolute atomic E-state index is 12.0. The molecule has 0 bridgehead atoms. The summed E-state index contributed by atoms with van der Waals surface area (Å²) in [5.41, 5.74) is 0.877. The van der Waals surface area contributed by atoms with Gasteiger partial charge < -0.3 is 4.98 Å². The zero-order valence-electron chi connectivity index (χ0n) is 8.88. The summed E-state index contributed by atoms with van der Waals surface area (Å²) < 4.78 is 0. The Balaban J connectivity index is 2.29. The Bertz CT molecular complexity index is 427. The van der Waals surface area contributed by atoms with Gasteiger partial charge in [0.2, 0.25) is 0 Å². The number of aromatic amines is 1. The van der Waals surface area contributed by atoms with Gasteiger partial charge in [-0.1, -0.05) is 12.8 Å². The van der Waals surface area contributed by atoms with Crippen molar-refractivity contribution in [3.63, 3.8) is 0 Å². The molecule has 3 heteroatoms. The van der Waals surface area contributed by atoms with E-state index in [1.165, 1.54) is 0 Å². The lowest BCUT2D eigenvalue weighted by Crippen LogP contribution is -2.22. The smallest absolute Gasteiger partial charge is 0.259 e. The number of nitrogens with one attached hydrogen (secondary N) is 1. The molecule has 0 aliphatic heterocycles. The third kappa shape index (κ3) is 2.01. The average molecular weight is 205 g/mol. The van der Waals surface area contributed by atoms with Crippen LogP contribution in [0.2, 0.25) is 0 Å². The highest BCUT2D eigenvalue weighted by Crippen LogP contribution is 2.27. The van der Waals surface area contributed by atoms with Crippen molar-refractivity contribution in [3.8, 4) is 0 Å². The van der Waals surface area contributed by atoms with E-state index in [4.69, 9.17) is 0 Å². The van der Waals surface area contributed by atoms with E-state index in [1.807, 2.05) is 6.92 Å². The van der Waals surface area contributed by atoms with E-state index in [0.29, 0.717) is 5.56 Å². The molecule has 0 saturated heterocycles. The summed E-state index contributed by atoms with van der Waals surface area (Å²) in [6.07, 6.45) is 4.10. The second-order valence-electron chi connectivity index (χ2n) is 4.23. The van der Waals surface area contributed by atoms with Crippen LogP contribution in [0.3, 0.4) is 0 Å². The number of ketones is 1. The van der Waals surface area contributed by atoms with Crippen LogP contribution in [0, 0.1) is 12.8 Å². The fraction of sp³-hybridized carbons (Fsp3) is 0.500. The first-order valence-corrected chi connectivity index (χ1v) is 5.42. The van der Waals surface area contributed by atoms with Crippen LogP contribution < -0.4 is 5.56 Å². The third-order valence-corrected chi connectivity index (χ3v) is 3.05. The summed E-state index contributed by atoms with van der Waals surface area (Å²) in [4.78, 5) is 26.2. The molecule has 1 fully saturated rings. The maximum Gasteiger partial charge on any atom is 0.259 e. The van der Waals surface area contributed by atoms with E-state index in [2.05, 4.69) is 4.98 Å². The molecule has 1 aromatic rings. The molecule has 80 valence electrons. The molecule has 0 radical (unpaired) electrons. The zero-order chi connectivity index (χ0) is 10.8. The van der Waals surface area contributed by atoms with Crippen molar-refractivity contribution in [3.05, 3.63) is 33.7 Å². The first-order chi connectivity index (χ1) is 7.18. The molecule has 15 heavy (non-hydrogen) atoms. The Hall–Kier alpha value is -1.38. The molecule has 0 amide bonds. The first-order valence-electron chi connectivity index (χ1n) is 5.42. The molecule has 0 atom stereocenters. The van der Waals surface area contributed by atoms with E-state index < -0.39 is 0 Å². The largest absolute Gasteiger partial charge is 0.326 e. The average Bonchev–Trinajstić information content (AvgIpc) is 2.69. The van der Waals surface area contributed by atoms with Gasteiger partial charge in [-0.15, -0.1) is 0 Å². The van der Waals surface area contributed by atoms with Crippen molar-refractivity contribution in [1.29, 1.82) is 0 Å². The third-order valence-electron chi connectivity index (χ3n) is 3.05. The van der Waals surface area contributed by atoms with E-state index in [-0.39, 0.29) is 17.3 Å². The summed E-state index contributed by atoms with van der Waals surface area (Å²) in [5, 5.41) is 0. The first kappa shape index (κ1) is 10.1. The molecule has 1 aliphatic rings. The lowest BCUT2D eigenvalue weighted by atomic mass is 9.97. The predicted molar refractivity (Wildman–Crippen MR) is 58.1 cm³/mol. The molecule has 2 rings (SSSR count). The number of carbonyl (C=O) groups is 1. The summed E-state index contributed by atoms with van der Waals surface area (Å²) in [6, 6.07) is 3.43. The summed E-state index contributed by atoms with van der Waals surface area (Å²) in [7, 11) is 0. The quantitative estimate of drug-likeness (QED) is 0.751. The van der Waals surface area contributed by atoms with Crippen molar-refractivity contribution in [2.24, 2.45) is 5.92 Å². The van der Waals surface area contributed by atoms with Gasteiger partial charge in [0.25, 0.3) is 5.56 Å². The van der Waals surface area contributed by atoms with Gasteiger partial charge >= 0.3 is 0 Å². The van der Waals surface area contributed by atoms with Crippen LogP contribution in [0.5, 0.6) is 0 Å². The van der Waals surface area contributed by atoms with Gasteiger partial charge in [0.05, 0.1) is 5.56 Å². The van der Waals surface area contributed by atoms with Crippen molar-refractivity contribution < 1.29 is 4.79 Å². The molecule has 1 saturated carbocycles. The van der Waals surface area contributed by atoms with Crippen molar-refractivity contribution in [1.82, 2.24) is 4.98 Å². The summed E-state index contributed by atoms with van der Waals surface area (Å²) in [6.45, 7) is 1.81. The minimum Gasteiger partial charge on any atom is -0.326 e. The summed E-state index contributed by atoms with van der Waals surface area (Å²) in [5.74, 6) is 0.0996. The topological polar surface area (TPSA) is 49.9 Å². The SMILES string of the molecule is Cc1ccc(C(=O)C2CCCC2)c(=O)[nH]1. The molecule has 1 aliphatic carbocycles. The Morgan fingerprint density at radius 3 is 2.60 bits per heavy atom. The van der Waals surface area contributed by atoms with E-state index in [0.717, 1.165) is 31.4 Å². The monoisotopic (exact) mass is 205 g/mol. The molecule has 1 N–H and O–H groups in total. The highest BCUT2D eigenvalue weighted by atomic mass is 16.1. The standard InChI is InChI=1S/C12H15NO2/c1-8-6-7-10(12(15)13-8)11(14)9-4-2-3-5-9/h6-7,9H,2-5H2,1H3,(H,13,15). The number of H-pyrrole nitrogens is 1. The second-order valence-corrected chi connectivity index (χ2v) is 4.23. The molecule has 1 heterocycles. The fourth-order valence-electron chi connectivity index (χ4n) is 2.17. The van der Waals surface area contributed by atoms with Crippen molar-refractivity contribution in [2.45, 2.75) is 32.6 Å². The Kier molecular flexibility index (Phi) is 2.71. The van der Waals surface area contributed by atoms with Gasteiger partial charge in [0, 0.05) is 11.6 Å². The molecule has 0 unspecified atom stereocenters. The number of Topliss-reactive ketones (excluding diaryl/α,β-unsaturated/α-hetero) is 1. The minimum atomic E-state index is -0.244. The highest BCUT2D eigenvalue weighted by molar-refractivity contribution is 5.97. The lowest BCUT2D eigenvalue weighted by molar-refractivity contribution is 0.0921. The molecular formula is C12H15NO2. The summed E-state index contributed by atoms with van der Waals surface area (Å²) >= 11 is 0. The van der Waals surface area contributed by atoms with Crippen LogP contribution in [0.1, 0.15) is 41.7 Å². The molecule has 1 aromatic heterocycles. The number of rotatable bonds is 2. The number of pyridine rings is 1. The maximum atomic E-state index is 12.0. The normalized spacial score (nSPS) is 16.9. The fourth-order valence-corrected chi connectivity index (χ4v) is 2.17. The lowest BCUT2D eigenvalue weighted by Gasteiger charge is -2.06. The molecule has 0 spiro atoms. The molecule has 0 aromatic carbocycles. The number of hydrogen-bond donors (Lipinski definition) is 1. The van der Waals surface area contributed by atoms with Crippen molar-refractivity contribution in [2.75, 3.05) is 0 Å². The Labute approximate surface area is 88.5 Å². The van der Waals surface area contributed by atoms with Gasteiger partial charge in [-0.25, -0.2) is 0 Å². The Morgan fingerprint density at radius 1 is 1.33 bits per heavy atom. The predicted octanol–water partition coefficient (Wildman–Crippen LogP) is 2.06. The van der Waals surface area contributed by atoms with Gasteiger partial charge in [0.15, 0.2) is 5.78 Å². The number of aromatic nitrogens is 1. The second kappa shape index (κ2) is 4.01. The van der Waals surface area contributed by atoms with Crippen LogP contribution in [-0.4, -0.2) is 10.8 Å². The van der Waals surface area contributed by atoms with Gasteiger partial charge in [-0.05, 0) is 31.9 Å². The number of aryl methyl sites for hydroxylation is 1. The number of hydrogen-bond acceptors (Lipinski definition) is 2. The molecular weight excluding hydrogens is 190 g/mol. The number of carbonyl (C=O) groups excluding carboxylic acids is 1. The van der Waals surface area contributed by atoms with Crippen LogP contribution in [0.15, 0.2) is 16.9 Å². The van der Waals surface area contributed by atoms with Gasteiger partial charge in [-0.3, -0.25) is 9.59 Å². The zero-order valence-corrected chi connectivity index (χ0v) is 8.88. The van der Waals surface area contributed by atoms with Gasteiger partial charge in [-0.2, -0.15) is 0 Å². The van der Waals surface area contributed by atoms with E-state index in [1.54, 1.807) is 12.1 Å². The van der Waals surface area contributed by atoms with Crippen LogP contribution in [0.4, 0.5) is 0 Å².